The standard InChI is InChI=1S/C20H31NO2/c1-5-15-6-7-17(23-4)19(22)18(15)20-9-8-13(2)12-16(20)14(3)21-11-10-20/h6-7,13-14,16,21-22H,5,8-12H2,1-4H3. The van der Waals surface area contributed by atoms with Gasteiger partial charge in [-0.25, -0.2) is 0 Å². The van der Waals surface area contributed by atoms with E-state index < -0.39 is 0 Å². The first-order valence-electron chi connectivity index (χ1n) is 9.16. The van der Waals surface area contributed by atoms with E-state index in [1.807, 2.05) is 6.07 Å². The molecule has 3 rings (SSSR count). The summed E-state index contributed by atoms with van der Waals surface area (Å²) in [6.45, 7) is 7.91. The summed E-state index contributed by atoms with van der Waals surface area (Å²) in [5.74, 6) is 2.37. The van der Waals surface area contributed by atoms with Crippen LogP contribution in [0.4, 0.5) is 0 Å². The van der Waals surface area contributed by atoms with Crippen LogP contribution < -0.4 is 10.1 Å². The minimum Gasteiger partial charge on any atom is -0.504 e. The van der Waals surface area contributed by atoms with Crippen molar-refractivity contribution >= 4 is 0 Å². The number of hydrogen-bond acceptors (Lipinski definition) is 3. The maximum atomic E-state index is 11.0. The summed E-state index contributed by atoms with van der Waals surface area (Å²) in [6, 6.07) is 4.57. The van der Waals surface area contributed by atoms with Crippen molar-refractivity contribution in [2.45, 2.75) is 64.3 Å². The Labute approximate surface area is 140 Å². The SMILES string of the molecule is CCc1ccc(OC)c(O)c1C12CCNC(C)C1CC(C)CC2. The molecule has 4 atom stereocenters. The van der Waals surface area contributed by atoms with Gasteiger partial charge in [-0.2, -0.15) is 0 Å². The summed E-state index contributed by atoms with van der Waals surface area (Å²) >= 11 is 0. The highest BCUT2D eigenvalue weighted by Crippen LogP contribution is 2.55. The molecule has 0 amide bonds. The molecule has 1 saturated carbocycles. The van der Waals surface area contributed by atoms with E-state index in [1.54, 1.807) is 7.11 Å². The number of phenols is 1. The van der Waals surface area contributed by atoms with Crippen LogP contribution in [-0.4, -0.2) is 24.8 Å². The third-order valence-corrected chi connectivity index (χ3v) is 6.42. The maximum Gasteiger partial charge on any atom is 0.161 e. The first kappa shape index (κ1) is 16.6. The van der Waals surface area contributed by atoms with Gasteiger partial charge in [0.1, 0.15) is 0 Å². The number of fused-ring (bicyclic) bond motifs is 1. The lowest BCUT2D eigenvalue weighted by molar-refractivity contribution is 0.0723. The zero-order valence-electron chi connectivity index (χ0n) is 15.0. The second-order valence-electron chi connectivity index (χ2n) is 7.64. The number of aryl methyl sites for hydroxylation is 1. The number of rotatable bonds is 3. The molecule has 1 saturated heterocycles. The molecule has 4 unspecified atom stereocenters. The topological polar surface area (TPSA) is 41.5 Å². The fourth-order valence-electron chi connectivity index (χ4n) is 5.19. The zero-order valence-corrected chi connectivity index (χ0v) is 15.0. The van der Waals surface area contributed by atoms with E-state index in [-0.39, 0.29) is 5.41 Å². The third kappa shape index (κ3) is 2.63. The number of phenolic OH excluding ortho intramolecular Hbond substituents is 1. The van der Waals surface area contributed by atoms with Gasteiger partial charge >= 0.3 is 0 Å². The lowest BCUT2D eigenvalue weighted by Gasteiger charge is -2.53. The van der Waals surface area contributed by atoms with E-state index in [4.69, 9.17) is 4.74 Å². The number of hydrogen-bond donors (Lipinski definition) is 2. The molecule has 2 aliphatic rings. The average Bonchev–Trinajstić information content (AvgIpc) is 2.55. The Hall–Kier alpha value is -1.22. The van der Waals surface area contributed by atoms with Crippen LogP contribution in [0.5, 0.6) is 11.5 Å². The average molecular weight is 317 g/mol. The van der Waals surface area contributed by atoms with Crippen LogP contribution in [0.15, 0.2) is 12.1 Å². The number of methoxy groups -OCH3 is 1. The Kier molecular flexibility index (Phi) is 4.59. The van der Waals surface area contributed by atoms with Gasteiger partial charge in [0.25, 0.3) is 0 Å². The van der Waals surface area contributed by atoms with Crippen molar-refractivity contribution in [3.05, 3.63) is 23.3 Å². The van der Waals surface area contributed by atoms with Gasteiger partial charge in [-0.3, -0.25) is 0 Å². The van der Waals surface area contributed by atoms with Crippen LogP contribution >= 0.6 is 0 Å². The van der Waals surface area contributed by atoms with Crippen LogP contribution in [-0.2, 0) is 11.8 Å². The molecule has 3 heteroatoms. The van der Waals surface area contributed by atoms with Gasteiger partial charge in [0.05, 0.1) is 7.11 Å². The summed E-state index contributed by atoms with van der Waals surface area (Å²) in [5.41, 5.74) is 2.57. The number of nitrogens with one attached hydrogen (secondary N) is 1. The van der Waals surface area contributed by atoms with Crippen LogP contribution in [0.2, 0.25) is 0 Å². The van der Waals surface area contributed by atoms with Crippen molar-refractivity contribution in [3.8, 4) is 11.5 Å². The molecule has 0 spiro atoms. The first-order valence-corrected chi connectivity index (χ1v) is 9.16. The smallest absolute Gasteiger partial charge is 0.161 e. The molecule has 1 heterocycles. The second kappa shape index (κ2) is 6.35. The van der Waals surface area contributed by atoms with Gasteiger partial charge in [0.2, 0.25) is 0 Å². The van der Waals surface area contributed by atoms with E-state index in [2.05, 4.69) is 32.2 Å². The van der Waals surface area contributed by atoms with E-state index in [1.165, 1.54) is 30.4 Å². The van der Waals surface area contributed by atoms with Gasteiger partial charge in [-0.05, 0) is 69.0 Å². The quantitative estimate of drug-likeness (QED) is 0.885. The molecule has 1 aliphatic heterocycles. The van der Waals surface area contributed by atoms with Crippen LogP contribution in [0.1, 0.15) is 57.6 Å². The first-order chi connectivity index (χ1) is 11.0. The Morgan fingerprint density at radius 2 is 2.09 bits per heavy atom. The fourth-order valence-corrected chi connectivity index (χ4v) is 5.19. The van der Waals surface area contributed by atoms with Crippen LogP contribution in [0, 0.1) is 11.8 Å². The lowest BCUT2D eigenvalue weighted by Crippen LogP contribution is -2.55. The summed E-state index contributed by atoms with van der Waals surface area (Å²) in [5, 5.41) is 14.7. The third-order valence-electron chi connectivity index (χ3n) is 6.42. The Morgan fingerprint density at radius 1 is 1.30 bits per heavy atom. The van der Waals surface area contributed by atoms with E-state index in [9.17, 15) is 5.11 Å². The molecule has 1 aromatic carbocycles. The van der Waals surface area contributed by atoms with Crippen molar-refractivity contribution in [1.82, 2.24) is 5.32 Å². The van der Waals surface area contributed by atoms with Gasteiger partial charge in [0, 0.05) is 17.0 Å². The summed E-state index contributed by atoms with van der Waals surface area (Å²) in [7, 11) is 1.65. The molecule has 1 aliphatic carbocycles. The molecular weight excluding hydrogens is 286 g/mol. The molecule has 3 nitrogen and oxygen atoms in total. The van der Waals surface area contributed by atoms with Crippen LogP contribution in [0.3, 0.4) is 0 Å². The van der Waals surface area contributed by atoms with E-state index >= 15 is 0 Å². The number of aromatic hydroxyl groups is 1. The highest BCUT2D eigenvalue weighted by Gasteiger charge is 2.50. The predicted molar refractivity (Wildman–Crippen MR) is 94.3 cm³/mol. The second-order valence-corrected chi connectivity index (χ2v) is 7.64. The van der Waals surface area contributed by atoms with Crippen molar-refractivity contribution in [2.24, 2.45) is 11.8 Å². The monoisotopic (exact) mass is 317 g/mol. The number of piperidine rings is 1. The minimum atomic E-state index is 0.0984. The summed E-state index contributed by atoms with van der Waals surface area (Å²) in [6.07, 6.45) is 5.75. The Morgan fingerprint density at radius 3 is 2.78 bits per heavy atom. The van der Waals surface area contributed by atoms with Crippen molar-refractivity contribution in [3.63, 3.8) is 0 Å². The van der Waals surface area contributed by atoms with Crippen molar-refractivity contribution in [1.29, 1.82) is 0 Å². The zero-order chi connectivity index (χ0) is 16.6. The normalized spacial score (nSPS) is 34.0. The van der Waals surface area contributed by atoms with Gasteiger partial charge in [0.15, 0.2) is 11.5 Å². The maximum absolute atomic E-state index is 11.0. The van der Waals surface area contributed by atoms with E-state index in [0.717, 1.165) is 25.3 Å². The molecule has 0 radical (unpaired) electrons. The lowest BCUT2D eigenvalue weighted by atomic mass is 9.54. The molecule has 0 bridgehead atoms. The van der Waals surface area contributed by atoms with Gasteiger partial charge in [-0.15, -0.1) is 0 Å². The van der Waals surface area contributed by atoms with Gasteiger partial charge < -0.3 is 15.2 Å². The molecule has 23 heavy (non-hydrogen) atoms. The highest BCUT2D eigenvalue weighted by molar-refractivity contribution is 5.54. The van der Waals surface area contributed by atoms with Crippen molar-refractivity contribution < 1.29 is 9.84 Å². The van der Waals surface area contributed by atoms with Gasteiger partial charge in [-0.1, -0.05) is 19.9 Å². The molecule has 1 aromatic rings. The number of benzene rings is 1. The predicted octanol–water partition coefficient (Wildman–Crippen LogP) is 4.02. The fraction of sp³-hybridized carbons (Fsp3) is 0.700. The molecular formula is C20H31NO2. The Bertz CT molecular complexity index is 571. The summed E-state index contributed by atoms with van der Waals surface area (Å²) < 4.78 is 5.43. The summed E-state index contributed by atoms with van der Waals surface area (Å²) in [4.78, 5) is 0. The van der Waals surface area contributed by atoms with Crippen molar-refractivity contribution in [2.75, 3.05) is 13.7 Å². The van der Waals surface area contributed by atoms with Crippen LogP contribution in [0.25, 0.3) is 0 Å². The molecule has 2 fully saturated rings. The molecule has 2 N–H and O–H groups in total. The molecule has 0 aromatic heterocycles. The number of ether oxygens (including phenoxy) is 1. The molecule has 128 valence electrons. The van der Waals surface area contributed by atoms with E-state index in [0.29, 0.717) is 23.5 Å². The highest BCUT2D eigenvalue weighted by atomic mass is 16.5. The minimum absolute atomic E-state index is 0.0984. The largest absolute Gasteiger partial charge is 0.504 e. The Balaban J connectivity index is 2.17.